The Hall–Kier alpha value is -2.38. The first-order chi connectivity index (χ1) is 10.2. The van der Waals surface area contributed by atoms with E-state index in [2.05, 4.69) is 30.9 Å². The number of nitrogens with one attached hydrogen (secondary N) is 3. The summed E-state index contributed by atoms with van der Waals surface area (Å²) in [7, 11) is 1.78. The lowest BCUT2D eigenvalue weighted by atomic mass is 9.85. The van der Waals surface area contributed by atoms with E-state index < -0.39 is 0 Å². The third-order valence-corrected chi connectivity index (χ3v) is 3.81. The summed E-state index contributed by atoms with van der Waals surface area (Å²) in [5, 5.41) is 16.5. The standard InChI is InChI=1S/C13H19N7O/c1-3-8-7-14-18-10(8)16-13(21)17-12-15-11(19-20(12)2)9-5-4-6-9/h7,9H,3-6H2,1-2H3,(H3,14,15,16,17,18,19,21). The fourth-order valence-electron chi connectivity index (χ4n) is 2.29. The van der Waals surface area contributed by atoms with Crippen LogP contribution < -0.4 is 10.6 Å². The topological polar surface area (TPSA) is 101 Å². The van der Waals surface area contributed by atoms with E-state index in [4.69, 9.17) is 0 Å². The van der Waals surface area contributed by atoms with E-state index >= 15 is 0 Å². The SMILES string of the molecule is CCc1cn[nH]c1NC(=O)Nc1nc(C2CCC2)nn1C. The number of nitrogens with zero attached hydrogens (tertiary/aromatic N) is 4. The molecule has 8 nitrogen and oxygen atoms in total. The van der Waals surface area contributed by atoms with Crippen LogP contribution >= 0.6 is 0 Å². The molecule has 2 aromatic heterocycles. The van der Waals surface area contributed by atoms with Gasteiger partial charge in [0.05, 0.1) is 6.20 Å². The van der Waals surface area contributed by atoms with Gasteiger partial charge in [-0.25, -0.2) is 9.48 Å². The summed E-state index contributed by atoms with van der Waals surface area (Å²) < 4.78 is 1.60. The van der Waals surface area contributed by atoms with Crippen LogP contribution in [0.4, 0.5) is 16.6 Å². The predicted octanol–water partition coefficient (Wildman–Crippen LogP) is 2.01. The third kappa shape index (κ3) is 2.74. The van der Waals surface area contributed by atoms with Crippen LogP contribution in [0.1, 0.15) is 43.5 Å². The fraction of sp³-hybridized carbons (Fsp3) is 0.538. The van der Waals surface area contributed by atoms with E-state index in [0.29, 0.717) is 17.7 Å². The molecule has 1 saturated carbocycles. The number of rotatable bonds is 4. The fourth-order valence-corrected chi connectivity index (χ4v) is 2.29. The molecule has 3 N–H and O–H groups in total. The lowest BCUT2D eigenvalue weighted by Gasteiger charge is -2.21. The lowest BCUT2D eigenvalue weighted by Crippen LogP contribution is -2.22. The monoisotopic (exact) mass is 289 g/mol. The molecule has 2 aromatic rings. The number of carbonyl (C=O) groups excluding carboxylic acids is 1. The third-order valence-electron chi connectivity index (χ3n) is 3.81. The molecular formula is C13H19N7O. The predicted molar refractivity (Wildman–Crippen MR) is 78.2 cm³/mol. The van der Waals surface area contributed by atoms with Crippen LogP contribution in [0.2, 0.25) is 0 Å². The van der Waals surface area contributed by atoms with E-state index in [-0.39, 0.29) is 6.03 Å². The second kappa shape index (κ2) is 5.55. The zero-order valence-electron chi connectivity index (χ0n) is 12.2. The average molecular weight is 289 g/mol. The van der Waals surface area contributed by atoms with Gasteiger partial charge < -0.3 is 0 Å². The Balaban J connectivity index is 1.65. The number of anilines is 2. The molecule has 0 unspecified atom stereocenters. The van der Waals surface area contributed by atoms with Crippen molar-refractivity contribution >= 4 is 17.8 Å². The summed E-state index contributed by atoms with van der Waals surface area (Å²) in [6.07, 6.45) is 5.98. The molecule has 0 aromatic carbocycles. The van der Waals surface area contributed by atoms with Crippen molar-refractivity contribution in [3.63, 3.8) is 0 Å². The highest BCUT2D eigenvalue weighted by atomic mass is 16.2. The minimum Gasteiger partial charge on any atom is -0.292 e. The minimum atomic E-state index is -0.357. The van der Waals surface area contributed by atoms with Crippen molar-refractivity contribution < 1.29 is 4.79 Å². The molecule has 3 rings (SSSR count). The second-order valence-corrected chi connectivity index (χ2v) is 5.25. The van der Waals surface area contributed by atoms with Crippen molar-refractivity contribution in [2.24, 2.45) is 7.05 Å². The summed E-state index contributed by atoms with van der Waals surface area (Å²) >= 11 is 0. The molecule has 0 atom stereocenters. The van der Waals surface area contributed by atoms with Crippen molar-refractivity contribution in [1.82, 2.24) is 25.0 Å². The smallest absolute Gasteiger partial charge is 0.292 e. The average Bonchev–Trinajstić information content (AvgIpc) is 2.95. The van der Waals surface area contributed by atoms with Crippen molar-refractivity contribution in [2.75, 3.05) is 10.6 Å². The van der Waals surface area contributed by atoms with Gasteiger partial charge in [-0.3, -0.25) is 15.7 Å². The molecule has 0 aliphatic heterocycles. The molecule has 21 heavy (non-hydrogen) atoms. The van der Waals surface area contributed by atoms with E-state index in [1.165, 1.54) is 6.42 Å². The quantitative estimate of drug-likeness (QED) is 0.801. The molecule has 112 valence electrons. The Bertz CT molecular complexity index is 641. The summed E-state index contributed by atoms with van der Waals surface area (Å²) in [6, 6.07) is -0.357. The van der Waals surface area contributed by atoms with Gasteiger partial charge in [0, 0.05) is 18.5 Å². The highest BCUT2D eigenvalue weighted by Crippen LogP contribution is 2.34. The molecule has 1 aliphatic rings. The summed E-state index contributed by atoms with van der Waals surface area (Å²) in [5.74, 6) is 2.31. The van der Waals surface area contributed by atoms with Crippen LogP contribution in [0.25, 0.3) is 0 Å². The van der Waals surface area contributed by atoms with Gasteiger partial charge in [-0.05, 0) is 19.3 Å². The van der Waals surface area contributed by atoms with E-state index in [1.54, 1.807) is 17.9 Å². The minimum absolute atomic E-state index is 0.357. The normalized spacial score (nSPS) is 14.8. The van der Waals surface area contributed by atoms with Crippen LogP contribution in [-0.4, -0.2) is 31.0 Å². The van der Waals surface area contributed by atoms with Crippen molar-refractivity contribution in [2.45, 2.75) is 38.5 Å². The maximum Gasteiger partial charge on any atom is 0.327 e. The summed E-state index contributed by atoms with van der Waals surface area (Å²) in [4.78, 5) is 16.4. The number of aromatic nitrogens is 5. The maximum absolute atomic E-state index is 12.0. The summed E-state index contributed by atoms with van der Waals surface area (Å²) in [6.45, 7) is 2.00. The van der Waals surface area contributed by atoms with Gasteiger partial charge in [-0.2, -0.15) is 15.2 Å². The molecular weight excluding hydrogens is 270 g/mol. The molecule has 0 spiro atoms. The molecule has 8 heteroatoms. The highest BCUT2D eigenvalue weighted by Gasteiger charge is 2.25. The van der Waals surface area contributed by atoms with Gasteiger partial charge in [-0.1, -0.05) is 13.3 Å². The van der Waals surface area contributed by atoms with Gasteiger partial charge in [0.2, 0.25) is 5.95 Å². The second-order valence-electron chi connectivity index (χ2n) is 5.25. The van der Waals surface area contributed by atoms with Gasteiger partial charge in [0.1, 0.15) is 5.82 Å². The van der Waals surface area contributed by atoms with Gasteiger partial charge >= 0.3 is 6.03 Å². The van der Waals surface area contributed by atoms with Gasteiger partial charge in [0.25, 0.3) is 0 Å². The number of aromatic amines is 1. The zero-order chi connectivity index (χ0) is 14.8. The van der Waals surface area contributed by atoms with Crippen molar-refractivity contribution in [3.8, 4) is 0 Å². The Morgan fingerprint density at radius 1 is 1.48 bits per heavy atom. The molecule has 0 bridgehead atoms. The first-order valence-corrected chi connectivity index (χ1v) is 7.18. The molecule has 1 aliphatic carbocycles. The van der Waals surface area contributed by atoms with Gasteiger partial charge in [-0.15, -0.1) is 0 Å². The maximum atomic E-state index is 12.0. The van der Waals surface area contributed by atoms with Crippen LogP contribution in [0.5, 0.6) is 0 Å². The Morgan fingerprint density at radius 2 is 2.29 bits per heavy atom. The Morgan fingerprint density at radius 3 is 2.95 bits per heavy atom. The zero-order valence-corrected chi connectivity index (χ0v) is 12.2. The number of H-pyrrole nitrogens is 1. The van der Waals surface area contributed by atoms with Crippen LogP contribution in [-0.2, 0) is 13.5 Å². The number of hydrogen-bond acceptors (Lipinski definition) is 4. The highest BCUT2D eigenvalue weighted by molar-refractivity contribution is 5.98. The van der Waals surface area contributed by atoms with Crippen LogP contribution in [0.3, 0.4) is 0 Å². The molecule has 2 heterocycles. The Kier molecular flexibility index (Phi) is 3.59. The van der Waals surface area contributed by atoms with Crippen LogP contribution in [0, 0.1) is 0 Å². The number of urea groups is 1. The first-order valence-electron chi connectivity index (χ1n) is 7.18. The largest absolute Gasteiger partial charge is 0.327 e. The van der Waals surface area contributed by atoms with Crippen molar-refractivity contribution in [1.29, 1.82) is 0 Å². The number of amides is 2. The summed E-state index contributed by atoms with van der Waals surface area (Å²) in [5.41, 5.74) is 0.957. The number of carbonyl (C=O) groups is 1. The molecule has 0 radical (unpaired) electrons. The molecule has 0 saturated heterocycles. The molecule has 2 amide bonds. The van der Waals surface area contributed by atoms with E-state index in [1.807, 2.05) is 6.92 Å². The number of hydrogen-bond donors (Lipinski definition) is 3. The number of aryl methyl sites for hydroxylation is 2. The van der Waals surface area contributed by atoms with Gasteiger partial charge in [0.15, 0.2) is 5.82 Å². The van der Waals surface area contributed by atoms with Crippen LogP contribution in [0.15, 0.2) is 6.20 Å². The molecule has 1 fully saturated rings. The first kappa shape index (κ1) is 13.6. The Labute approximate surface area is 122 Å². The van der Waals surface area contributed by atoms with E-state index in [9.17, 15) is 4.79 Å². The van der Waals surface area contributed by atoms with Crippen molar-refractivity contribution in [3.05, 3.63) is 17.6 Å². The lowest BCUT2D eigenvalue weighted by molar-refractivity contribution is 0.262. The van der Waals surface area contributed by atoms with E-state index in [0.717, 1.165) is 30.7 Å².